The molecule has 0 aromatic carbocycles. The van der Waals surface area contributed by atoms with Gasteiger partial charge in [0.15, 0.2) is 0 Å². The number of thiol groups is 1. The van der Waals surface area contributed by atoms with Gasteiger partial charge in [-0.1, -0.05) is 13.8 Å². The van der Waals surface area contributed by atoms with Crippen molar-refractivity contribution in [3.8, 4) is 0 Å². The minimum Gasteiger partial charge on any atom is -0.481 e. The Bertz CT molecular complexity index is 848. The molecule has 1 heterocycles. The van der Waals surface area contributed by atoms with Gasteiger partial charge in [0.2, 0.25) is 17.7 Å². The quantitative estimate of drug-likeness (QED) is 0.133. The molecule has 0 radical (unpaired) electrons. The van der Waals surface area contributed by atoms with E-state index >= 15 is 0 Å². The van der Waals surface area contributed by atoms with E-state index in [2.05, 4.69) is 38.5 Å². The summed E-state index contributed by atoms with van der Waals surface area (Å²) in [5, 5.41) is 25.4. The first-order valence-electron chi connectivity index (χ1n) is 10.6. The van der Waals surface area contributed by atoms with Crippen molar-refractivity contribution in [3.63, 3.8) is 0 Å². The second-order valence-corrected chi connectivity index (χ2v) is 8.52. The Morgan fingerprint density at radius 2 is 1.62 bits per heavy atom. The number of carbonyl (C=O) groups excluding carboxylic acids is 3. The van der Waals surface area contributed by atoms with E-state index in [0.717, 1.165) is 0 Å². The van der Waals surface area contributed by atoms with Gasteiger partial charge in [-0.05, 0) is 18.8 Å². The number of carboxylic acids is 2. The van der Waals surface area contributed by atoms with E-state index in [1.165, 1.54) is 12.5 Å². The van der Waals surface area contributed by atoms with Gasteiger partial charge in [0.25, 0.3) is 0 Å². The number of hydrogen-bond acceptors (Lipinski definition) is 8. The molecule has 14 heteroatoms. The van der Waals surface area contributed by atoms with Crippen molar-refractivity contribution in [1.29, 1.82) is 0 Å². The molecule has 0 saturated heterocycles. The van der Waals surface area contributed by atoms with Crippen LogP contribution in [0.15, 0.2) is 12.5 Å². The zero-order valence-electron chi connectivity index (χ0n) is 19.0. The molecule has 0 aliphatic rings. The molecule has 4 atom stereocenters. The highest BCUT2D eigenvalue weighted by Crippen LogP contribution is 2.06. The highest BCUT2D eigenvalue weighted by Gasteiger charge is 2.30. The Morgan fingerprint density at radius 3 is 2.12 bits per heavy atom. The highest BCUT2D eigenvalue weighted by molar-refractivity contribution is 7.80. The summed E-state index contributed by atoms with van der Waals surface area (Å²) in [6.45, 7) is 3.62. The minimum absolute atomic E-state index is 0.00442. The Kier molecular flexibility index (Phi) is 12.1. The van der Waals surface area contributed by atoms with Crippen LogP contribution in [0.4, 0.5) is 0 Å². The first kappa shape index (κ1) is 28.9. The molecule has 34 heavy (non-hydrogen) atoms. The van der Waals surface area contributed by atoms with Gasteiger partial charge in [0.05, 0.1) is 12.4 Å². The predicted octanol–water partition coefficient (Wildman–Crippen LogP) is -1.34. The SMILES string of the molecule is CC(C)CC(NC(=O)C(CS)NC(=O)C(Cc1cnc[nH]1)NC(=O)C(N)CCC(=O)O)C(=O)O. The van der Waals surface area contributed by atoms with E-state index in [0.29, 0.717) is 5.69 Å². The molecule has 1 aromatic rings. The molecule has 4 unspecified atom stereocenters. The second-order valence-electron chi connectivity index (χ2n) is 8.15. The monoisotopic (exact) mass is 500 g/mol. The van der Waals surface area contributed by atoms with Gasteiger partial charge < -0.3 is 36.9 Å². The van der Waals surface area contributed by atoms with Crippen molar-refractivity contribution >= 4 is 42.3 Å². The predicted molar refractivity (Wildman–Crippen MR) is 124 cm³/mol. The van der Waals surface area contributed by atoms with Crippen LogP contribution in [-0.2, 0) is 30.4 Å². The van der Waals surface area contributed by atoms with Gasteiger partial charge >= 0.3 is 11.9 Å². The Hall–Kier alpha value is -3.13. The molecule has 1 rings (SSSR count). The van der Waals surface area contributed by atoms with Crippen molar-refractivity contribution in [2.24, 2.45) is 11.7 Å². The van der Waals surface area contributed by atoms with E-state index in [1.807, 2.05) is 13.8 Å². The zero-order chi connectivity index (χ0) is 25.8. The maximum Gasteiger partial charge on any atom is 0.326 e. The fourth-order valence-corrected chi connectivity index (χ4v) is 3.20. The van der Waals surface area contributed by atoms with Crippen molar-refractivity contribution in [2.75, 3.05) is 5.75 Å². The highest BCUT2D eigenvalue weighted by atomic mass is 32.1. The number of hydrogen-bond donors (Lipinski definition) is 8. The summed E-state index contributed by atoms with van der Waals surface area (Å²) in [6, 6.07) is -4.65. The standard InChI is InChI=1S/C20H32N6O7S/c1-10(2)5-14(20(32)33)25-19(31)15(8-34)26-18(30)13(6-11-7-22-9-23-11)24-17(29)12(21)3-4-16(27)28/h7,9-10,12-15,34H,3-6,8,21H2,1-2H3,(H,22,23)(H,24,29)(H,25,31)(H,26,30)(H,27,28)(H,32,33). The van der Waals surface area contributed by atoms with Crippen molar-refractivity contribution < 1.29 is 34.2 Å². The number of aromatic amines is 1. The van der Waals surface area contributed by atoms with Gasteiger partial charge in [-0.2, -0.15) is 12.6 Å². The molecule has 8 N–H and O–H groups in total. The van der Waals surface area contributed by atoms with Crippen molar-refractivity contribution in [3.05, 3.63) is 18.2 Å². The fraction of sp³-hybridized carbons (Fsp3) is 0.600. The number of aromatic nitrogens is 2. The topological polar surface area (TPSA) is 217 Å². The number of carbonyl (C=O) groups is 5. The largest absolute Gasteiger partial charge is 0.481 e. The number of nitrogens with two attached hydrogens (primary N) is 1. The van der Waals surface area contributed by atoms with Gasteiger partial charge in [-0.25, -0.2) is 9.78 Å². The van der Waals surface area contributed by atoms with E-state index in [1.54, 1.807) is 0 Å². The lowest BCUT2D eigenvalue weighted by molar-refractivity contribution is -0.142. The van der Waals surface area contributed by atoms with E-state index in [-0.39, 0.29) is 37.4 Å². The third-order valence-corrected chi connectivity index (χ3v) is 5.12. The Labute approximate surface area is 202 Å². The lowest BCUT2D eigenvalue weighted by Gasteiger charge is -2.24. The number of aliphatic carboxylic acids is 2. The Balaban J connectivity index is 2.91. The van der Waals surface area contributed by atoms with Crippen LogP contribution in [0.3, 0.4) is 0 Å². The van der Waals surface area contributed by atoms with Crippen LogP contribution in [-0.4, -0.2) is 79.8 Å². The molecule has 0 saturated carbocycles. The number of rotatable bonds is 15. The number of carboxylic acid groups (broad SMARTS) is 2. The van der Waals surface area contributed by atoms with Crippen molar-refractivity contribution in [1.82, 2.24) is 25.9 Å². The van der Waals surface area contributed by atoms with E-state index in [9.17, 15) is 29.1 Å². The molecule has 0 aliphatic heterocycles. The summed E-state index contributed by atoms with van der Waals surface area (Å²) < 4.78 is 0. The maximum absolute atomic E-state index is 12.9. The first-order chi connectivity index (χ1) is 15.9. The number of H-pyrrole nitrogens is 1. The summed E-state index contributed by atoms with van der Waals surface area (Å²) in [5.74, 6) is -4.66. The second kappa shape index (κ2) is 14.2. The zero-order valence-corrected chi connectivity index (χ0v) is 19.9. The summed E-state index contributed by atoms with van der Waals surface area (Å²) in [6.07, 6.45) is 2.55. The van der Waals surface area contributed by atoms with Crippen LogP contribution < -0.4 is 21.7 Å². The number of nitrogens with zero attached hydrogens (tertiary/aromatic N) is 1. The number of nitrogens with one attached hydrogen (secondary N) is 4. The van der Waals surface area contributed by atoms with Crippen LogP contribution in [0.1, 0.15) is 38.8 Å². The average molecular weight is 501 g/mol. The molecule has 190 valence electrons. The number of imidazole rings is 1. The van der Waals surface area contributed by atoms with Gasteiger partial charge in [0, 0.05) is 30.5 Å². The lowest BCUT2D eigenvalue weighted by atomic mass is 10.0. The summed E-state index contributed by atoms with van der Waals surface area (Å²) in [7, 11) is 0. The van der Waals surface area contributed by atoms with Crippen LogP contribution in [0.5, 0.6) is 0 Å². The molecule has 3 amide bonds. The van der Waals surface area contributed by atoms with E-state index < -0.39 is 53.8 Å². The van der Waals surface area contributed by atoms with E-state index in [4.69, 9.17) is 10.8 Å². The smallest absolute Gasteiger partial charge is 0.326 e. The normalized spacial score (nSPS) is 14.5. The third-order valence-electron chi connectivity index (χ3n) is 4.76. The minimum atomic E-state index is -1.20. The maximum atomic E-state index is 12.9. The van der Waals surface area contributed by atoms with Crippen LogP contribution >= 0.6 is 12.6 Å². The summed E-state index contributed by atoms with van der Waals surface area (Å²) >= 11 is 4.08. The average Bonchev–Trinajstić information content (AvgIpc) is 3.27. The van der Waals surface area contributed by atoms with Gasteiger partial charge in [0.1, 0.15) is 18.1 Å². The Morgan fingerprint density at radius 1 is 1.03 bits per heavy atom. The number of amides is 3. The summed E-state index contributed by atoms with van der Waals surface area (Å²) in [5.41, 5.74) is 6.24. The molecule has 13 nitrogen and oxygen atoms in total. The third kappa shape index (κ3) is 10.2. The van der Waals surface area contributed by atoms with Crippen molar-refractivity contribution in [2.45, 2.75) is 63.7 Å². The van der Waals surface area contributed by atoms with Crippen LogP contribution in [0.2, 0.25) is 0 Å². The van der Waals surface area contributed by atoms with Gasteiger partial charge in [-0.15, -0.1) is 0 Å². The molecule has 0 aliphatic carbocycles. The molecule has 0 spiro atoms. The molecular weight excluding hydrogens is 468 g/mol. The molecule has 1 aromatic heterocycles. The van der Waals surface area contributed by atoms with Crippen LogP contribution in [0.25, 0.3) is 0 Å². The summed E-state index contributed by atoms with van der Waals surface area (Å²) in [4.78, 5) is 66.8. The fourth-order valence-electron chi connectivity index (χ4n) is 2.95. The lowest BCUT2D eigenvalue weighted by Crippen LogP contribution is -2.58. The molecule has 0 fully saturated rings. The molecular formula is C20H32N6O7S. The molecule has 0 bridgehead atoms. The first-order valence-corrected chi connectivity index (χ1v) is 11.3. The van der Waals surface area contributed by atoms with Gasteiger partial charge in [-0.3, -0.25) is 19.2 Å². The van der Waals surface area contributed by atoms with Crippen LogP contribution in [0, 0.1) is 5.92 Å².